The number of ether oxygens (including phenoxy) is 1. The zero-order valence-electron chi connectivity index (χ0n) is 13.6. The summed E-state index contributed by atoms with van der Waals surface area (Å²) in [6.07, 6.45) is 1.41. The van der Waals surface area contributed by atoms with Gasteiger partial charge in [0.15, 0.2) is 6.23 Å². The predicted molar refractivity (Wildman–Crippen MR) is 85.2 cm³/mol. The largest absolute Gasteiger partial charge is 0.439 e. The maximum absolute atomic E-state index is 13.0. The fourth-order valence-corrected chi connectivity index (χ4v) is 2.72. The third-order valence-electron chi connectivity index (χ3n) is 3.95. The summed E-state index contributed by atoms with van der Waals surface area (Å²) in [6.45, 7) is 11.3. The number of nitrogens with zero attached hydrogens (tertiary/aromatic N) is 1. The number of carbonyl (C=O) groups excluding carboxylic acids is 2. The molecule has 1 fully saturated rings. The lowest BCUT2D eigenvalue weighted by Crippen LogP contribution is -2.54. The molecule has 2 rings (SSSR count). The fourth-order valence-electron chi connectivity index (χ4n) is 2.72. The van der Waals surface area contributed by atoms with Gasteiger partial charge in [0.05, 0.1) is 0 Å². The average Bonchev–Trinajstić information content (AvgIpc) is 2.72. The minimum Gasteiger partial charge on any atom is -0.439 e. The van der Waals surface area contributed by atoms with Gasteiger partial charge in [-0.1, -0.05) is 45.0 Å². The van der Waals surface area contributed by atoms with E-state index in [-0.39, 0.29) is 17.3 Å². The minimum absolute atomic E-state index is 0.198. The standard InChI is InChI=1S/C18H23NO3/c1-6-12-18(5)16(21)22-15(17(2,3)4)19(18)14(20)13-10-8-7-9-11-13/h6-11,15H,1,12H2,2-5H3/t15-,18-/m0/s1. The van der Waals surface area contributed by atoms with E-state index in [2.05, 4.69) is 6.58 Å². The quantitative estimate of drug-likeness (QED) is 0.635. The van der Waals surface area contributed by atoms with Gasteiger partial charge in [-0.25, -0.2) is 4.79 Å². The first-order valence-corrected chi connectivity index (χ1v) is 7.42. The van der Waals surface area contributed by atoms with Crippen molar-refractivity contribution in [2.75, 3.05) is 0 Å². The van der Waals surface area contributed by atoms with Gasteiger partial charge >= 0.3 is 5.97 Å². The van der Waals surface area contributed by atoms with Gasteiger partial charge in [0.2, 0.25) is 0 Å². The van der Waals surface area contributed by atoms with Crippen molar-refractivity contribution in [2.45, 2.75) is 45.9 Å². The van der Waals surface area contributed by atoms with Crippen LogP contribution in [0.25, 0.3) is 0 Å². The zero-order valence-corrected chi connectivity index (χ0v) is 13.6. The molecule has 4 nitrogen and oxygen atoms in total. The summed E-state index contributed by atoms with van der Waals surface area (Å²) in [5.74, 6) is -0.577. The highest BCUT2D eigenvalue weighted by molar-refractivity contribution is 5.99. The molecule has 1 aliphatic rings. The second-order valence-corrected chi connectivity index (χ2v) is 6.93. The van der Waals surface area contributed by atoms with Gasteiger partial charge in [-0.15, -0.1) is 6.58 Å². The van der Waals surface area contributed by atoms with E-state index >= 15 is 0 Å². The lowest BCUT2D eigenvalue weighted by Gasteiger charge is -2.38. The molecular weight excluding hydrogens is 278 g/mol. The second kappa shape index (κ2) is 5.59. The topological polar surface area (TPSA) is 46.6 Å². The summed E-state index contributed by atoms with van der Waals surface area (Å²) in [6, 6.07) is 8.97. The maximum atomic E-state index is 13.0. The molecule has 0 unspecified atom stereocenters. The fraction of sp³-hybridized carbons (Fsp3) is 0.444. The number of hydrogen-bond donors (Lipinski definition) is 0. The number of esters is 1. The molecule has 118 valence electrons. The van der Waals surface area contributed by atoms with Crippen LogP contribution in [-0.2, 0) is 9.53 Å². The molecule has 22 heavy (non-hydrogen) atoms. The molecule has 1 aromatic carbocycles. The Labute approximate surface area is 131 Å². The van der Waals surface area contributed by atoms with Gasteiger partial charge in [-0.2, -0.15) is 0 Å². The lowest BCUT2D eigenvalue weighted by molar-refractivity contribution is -0.148. The van der Waals surface area contributed by atoms with Crippen molar-refractivity contribution in [1.29, 1.82) is 0 Å². The first kappa shape index (κ1) is 16.3. The molecule has 2 atom stereocenters. The van der Waals surface area contributed by atoms with Crippen molar-refractivity contribution in [3.8, 4) is 0 Å². The zero-order chi connectivity index (χ0) is 16.5. The third-order valence-corrected chi connectivity index (χ3v) is 3.95. The van der Waals surface area contributed by atoms with Crippen LogP contribution in [0.3, 0.4) is 0 Å². The molecule has 0 aliphatic carbocycles. The Morgan fingerprint density at radius 3 is 2.45 bits per heavy atom. The summed E-state index contributed by atoms with van der Waals surface area (Å²) in [5, 5.41) is 0. The van der Waals surface area contributed by atoms with E-state index in [9.17, 15) is 9.59 Å². The van der Waals surface area contributed by atoms with Crippen molar-refractivity contribution >= 4 is 11.9 Å². The van der Waals surface area contributed by atoms with Gasteiger partial charge < -0.3 is 4.74 Å². The van der Waals surface area contributed by atoms with Gasteiger partial charge in [0, 0.05) is 11.0 Å². The molecule has 1 saturated heterocycles. The molecule has 1 aliphatic heterocycles. The van der Waals surface area contributed by atoms with E-state index < -0.39 is 11.8 Å². The van der Waals surface area contributed by atoms with E-state index in [1.807, 2.05) is 39.0 Å². The van der Waals surface area contributed by atoms with Crippen LogP contribution in [0.15, 0.2) is 43.0 Å². The first-order chi connectivity index (χ1) is 10.2. The van der Waals surface area contributed by atoms with Gasteiger partial charge in [0.1, 0.15) is 5.54 Å². The van der Waals surface area contributed by atoms with E-state index in [0.717, 1.165) is 0 Å². The molecular formula is C18H23NO3. The van der Waals surface area contributed by atoms with Crippen molar-refractivity contribution in [3.05, 3.63) is 48.6 Å². The summed E-state index contributed by atoms with van der Waals surface area (Å²) >= 11 is 0. The van der Waals surface area contributed by atoms with E-state index in [1.165, 1.54) is 0 Å². The van der Waals surface area contributed by atoms with E-state index in [4.69, 9.17) is 4.74 Å². The number of amides is 1. The Morgan fingerprint density at radius 1 is 1.36 bits per heavy atom. The molecule has 4 heteroatoms. The van der Waals surface area contributed by atoms with Gasteiger partial charge in [0.25, 0.3) is 5.91 Å². The summed E-state index contributed by atoms with van der Waals surface area (Å²) in [7, 11) is 0. The van der Waals surface area contributed by atoms with Crippen LogP contribution >= 0.6 is 0 Å². The Balaban J connectivity index is 2.50. The maximum Gasteiger partial charge on any atom is 0.334 e. The van der Waals surface area contributed by atoms with Crippen molar-refractivity contribution in [3.63, 3.8) is 0 Å². The Morgan fingerprint density at radius 2 is 1.95 bits per heavy atom. The number of cyclic esters (lactones) is 1. The van der Waals surface area contributed by atoms with Crippen LogP contribution in [0.2, 0.25) is 0 Å². The van der Waals surface area contributed by atoms with Crippen molar-refractivity contribution < 1.29 is 14.3 Å². The second-order valence-electron chi connectivity index (χ2n) is 6.93. The van der Waals surface area contributed by atoms with E-state index in [1.54, 1.807) is 30.0 Å². The average molecular weight is 301 g/mol. The normalized spacial score (nSPS) is 25.0. The van der Waals surface area contributed by atoms with Crippen LogP contribution < -0.4 is 0 Å². The number of benzene rings is 1. The molecule has 0 saturated carbocycles. The Hall–Kier alpha value is -2.10. The molecule has 0 radical (unpaired) electrons. The molecule has 0 bridgehead atoms. The van der Waals surface area contributed by atoms with Crippen LogP contribution in [0.5, 0.6) is 0 Å². The van der Waals surface area contributed by atoms with Crippen molar-refractivity contribution in [1.82, 2.24) is 4.90 Å². The summed E-state index contributed by atoms with van der Waals surface area (Å²) in [4.78, 5) is 27.0. The number of hydrogen-bond acceptors (Lipinski definition) is 3. The van der Waals surface area contributed by atoms with Gasteiger partial charge in [-0.3, -0.25) is 9.69 Å². The highest BCUT2D eigenvalue weighted by Gasteiger charge is 2.56. The highest BCUT2D eigenvalue weighted by Crippen LogP contribution is 2.40. The van der Waals surface area contributed by atoms with Crippen LogP contribution in [0.4, 0.5) is 0 Å². The monoisotopic (exact) mass is 301 g/mol. The molecule has 0 spiro atoms. The predicted octanol–water partition coefficient (Wildman–Crippen LogP) is 3.39. The summed E-state index contributed by atoms with van der Waals surface area (Å²) in [5.41, 5.74) is -0.851. The van der Waals surface area contributed by atoms with Crippen LogP contribution in [0.1, 0.15) is 44.5 Å². The van der Waals surface area contributed by atoms with Crippen LogP contribution in [0, 0.1) is 5.41 Å². The van der Waals surface area contributed by atoms with Gasteiger partial charge in [-0.05, 0) is 25.5 Å². The summed E-state index contributed by atoms with van der Waals surface area (Å²) < 4.78 is 5.57. The third kappa shape index (κ3) is 2.65. The SMILES string of the molecule is C=CC[C@@]1(C)C(=O)O[C@@H](C(C)(C)C)N1C(=O)c1ccccc1. The van der Waals surface area contributed by atoms with Crippen molar-refractivity contribution in [2.24, 2.45) is 5.41 Å². The highest BCUT2D eigenvalue weighted by atomic mass is 16.6. The molecule has 0 aromatic heterocycles. The lowest BCUT2D eigenvalue weighted by atomic mass is 9.89. The van der Waals surface area contributed by atoms with E-state index in [0.29, 0.717) is 12.0 Å². The first-order valence-electron chi connectivity index (χ1n) is 7.42. The van der Waals surface area contributed by atoms with Crippen LogP contribution in [-0.4, -0.2) is 28.5 Å². The molecule has 1 aromatic rings. The molecule has 0 N–H and O–H groups in total. The Bertz CT molecular complexity index is 588. The number of carbonyl (C=O) groups is 2. The molecule has 1 amide bonds. The Kier molecular flexibility index (Phi) is 4.14. The number of rotatable bonds is 3. The smallest absolute Gasteiger partial charge is 0.334 e. The minimum atomic E-state index is -1.02. The molecule has 1 heterocycles.